The van der Waals surface area contributed by atoms with Crippen molar-refractivity contribution >= 4 is 5.82 Å². The van der Waals surface area contributed by atoms with Crippen molar-refractivity contribution in [1.29, 1.82) is 0 Å². The molecule has 0 aliphatic rings. The molecule has 21 heavy (non-hydrogen) atoms. The van der Waals surface area contributed by atoms with Gasteiger partial charge >= 0.3 is 5.82 Å². The minimum absolute atomic E-state index is 0.119. The minimum atomic E-state index is -0.487. The molecular formula is C14H17N3O4. The summed E-state index contributed by atoms with van der Waals surface area (Å²) < 4.78 is 6.81. The van der Waals surface area contributed by atoms with Crippen molar-refractivity contribution in [3.8, 4) is 17.0 Å². The molecule has 0 unspecified atom stereocenters. The second kappa shape index (κ2) is 6.85. The Morgan fingerprint density at radius 3 is 2.67 bits per heavy atom. The van der Waals surface area contributed by atoms with Crippen LogP contribution in [-0.4, -0.2) is 32.8 Å². The average molecular weight is 291 g/mol. The lowest BCUT2D eigenvalue weighted by Crippen LogP contribution is -2.05. The van der Waals surface area contributed by atoms with Crippen LogP contribution in [0.4, 0.5) is 5.82 Å². The number of nitro groups is 1. The van der Waals surface area contributed by atoms with Crippen LogP contribution in [0.3, 0.4) is 0 Å². The Bertz CT molecular complexity index is 607. The van der Waals surface area contributed by atoms with E-state index in [-0.39, 0.29) is 24.7 Å². The van der Waals surface area contributed by atoms with E-state index in [1.54, 1.807) is 24.3 Å². The van der Waals surface area contributed by atoms with Gasteiger partial charge in [-0.3, -0.25) is 0 Å². The van der Waals surface area contributed by atoms with Gasteiger partial charge in [0.15, 0.2) is 12.0 Å². The molecule has 1 heterocycles. The molecule has 0 saturated carbocycles. The highest BCUT2D eigenvalue weighted by Crippen LogP contribution is 2.29. The summed E-state index contributed by atoms with van der Waals surface area (Å²) in [5.74, 6) is 0.601. The maximum atomic E-state index is 11.2. The van der Waals surface area contributed by atoms with Gasteiger partial charge in [0.1, 0.15) is 12.3 Å². The molecule has 0 saturated heterocycles. The molecule has 0 radical (unpaired) electrons. The van der Waals surface area contributed by atoms with Crippen LogP contribution in [-0.2, 0) is 6.54 Å². The Balaban J connectivity index is 2.31. The zero-order valence-electron chi connectivity index (χ0n) is 11.7. The molecule has 1 aromatic carbocycles. The SMILES string of the molecule is CCCOc1ccc(-c2ncn(CCO)c2[N+](=O)[O-])cc1. The maximum absolute atomic E-state index is 11.2. The van der Waals surface area contributed by atoms with Crippen LogP contribution in [0.2, 0.25) is 0 Å². The van der Waals surface area contributed by atoms with Crippen LogP contribution >= 0.6 is 0 Å². The second-order valence-corrected chi connectivity index (χ2v) is 4.46. The summed E-state index contributed by atoms with van der Waals surface area (Å²) >= 11 is 0. The largest absolute Gasteiger partial charge is 0.494 e. The first-order valence-electron chi connectivity index (χ1n) is 6.71. The third-order valence-corrected chi connectivity index (χ3v) is 2.92. The highest BCUT2D eigenvalue weighted by molar-refractivity contribution is 5.68. The van der Waals surface area contributed by atoms with E-state index in [2.05, 4.69) is 4.98 Å². The molecule has 0 spiro atoms. The number of benzene rings is 1. The molecule has 7 heteroatoms. The van der Waals surface area contributed by atoms with Crippen LogP contribution in [0.15, 0.2) is 30.6 Å². The lowest BCUT2D eigenvalue weighted by molar-refractivity contribution is -0.391. The Morgan fingerprint density at radius 1 is 1.38 bits per heavy atom. The molecule has 2 aromatic rings. The number of hydrogen-bond acceptors (Lipinski definition) is 5. The first kappa shape index (κ1) is 15.0. The number of hydrogen-bond donors (Lipinski definition) is 1. The first-order chi connectivity index (χ1) is 10.2. The van der Waals surface area contributed by atoms with E-state index in [1.807, 2.05) is 6.92 Å². The fourth-order valence-electron chi connectivity index (χ4n) is 1.97. The molecule has 0 amide bonds. The minimum Gasteiger partial charge on any atom is -0.494 e. The summed E-state index contributed by atoms with van der Waals surface area (Å²) in [4.78, 5) is 14.8. The molecule has 0 fully saturated rings. The maximum Gasteiger partial charge on any atom is 0.350 e. The normalized spacial score (nSPS) is 10.6. The third-order valence-electron chi connectivity index (χ3n) is 2.92. The standard InChI is InChI=1S/C14H17N3O4/c1-2-9-21-12-5-3-11(4-6-12)13-14(17(19)20)16(7-8-18)10-15-13/h3-6,10,18H,2,7-9H2,1H3. The lowest BCUT2D eigenvalue weighted by atomic mass is 10.1. The van der Waals surface area contributed by atoms with Crippen LogP contribution in [0.1, 0.15) is 13.3 Å². The van der Waals surface area contributed by atoms with E-state index >= 15 is 0 Å². The number of rotatable bonds is 7. The zero-order valence-corrected chi connectivity index (χ0v) is 11.7. The number of nitrogens with zero attached hydrogens (tertiary/aromatic N) is 3. The van der Waals surface area contributed by atoms with Gasteiger partial charge in [-0.05, 0) is 35.6 Å². The fraction of sp³-hybridized carbons (Fsp3) is 0.357. The van der Waals surface area contributed by atoms with Gasteiger partial charge in [0.05, 0.1) is 13.2 Å². The molecule has 1 N–H and O–H groups in total. The van der Waals surface area contributed by atoms with Crippen molar-refractivity contribution in [2.24, 2.45) is 0 Å². The van der Waals surface area contributed by atoms with Crippen LogP contribution in [0, 0.1) is 10.1 Å². The van der Waals surface area contributed by atoms with Gasteiger partial charge in [-0.25, -0.2) is 9.55 Å². The van der Waals surface area contributed by atoms with E-state index in [9.17, 15) is 10.1 Å². The summed E-state index contributed by atoms with van der Waals surface area (Å²) in [6, 6.07) is 7.01. The van der Waals surface area contributed by atoms with E-state index in [0.29, 0.717) is 12.2 Å². The smallest absolute Gasteiger partial charge is 0.350 e. The quantitative estimate of drug-likeness (QED) is 0.624. The number of aliphatic hydroxyl groups is 1. The van der Waals surface area contributed by atoms with Crippen molar-refractivity contribution in [2.45, 2.75) is 19.9 Å². The predicted molar refractivity (Wildman–Crippen MR) is 77.2 cm³/mol. The van der Waals surface area contributed by atoms with Gasteiger partial charge in [-0.2, -0.15) is 0 Å². The van der Waals surface area contributed by atoms with Crippen LogP contribution < -0.4 is 4.74 Å². The van der Waals surface area contributed by atoms with Crippen molar-refractivity contribution in [3.63, 3.8) is 0 Å². The van der Waals surface area contributed by atoms with E-state index in [1.165, 1.54) is 10.9 Å². The molecule has 0 atom stereocenters. The highest BCUT2D eigenvalue weighted by Gasteiger charge is 2.22. The zero-order chi connectivity index (χ0) is 15.2. The van der Waals surface area contributed by atoms with Crippen molar-refractivity contribution in [1.82, 2.24) is 9.55 Å². The molecule has 0 bridgehead atoms. The third kappa shape index (κ3) is 3.38. The predicted octanol–water partition coefficient (Wildman–Crippen LogP) is 2.24. The van der Waals surface area contributed by atoms with Crippen LogP contribution in [0.25, 0.3) is 11.3 Å². The Labute approximate surface area is 122 Å². The van der Waals surface area contributed by atoms with Gasteiger partial charge in [0, 0.05) is 5.56 Å². The number of ether oxygens (including phenoxy) is 1. The second-order valence-electron chi connectivity index (χ2n) is 4.46. The Kier molecular flexibility index (Phi) is 4.89. The molecular weight excluding hydrogens is 274 g/mol. The molecule has 0 aliphatic heterocycles. The summed E-state index contributed by atoms with van der Waals surface area (Å²) in [5.41, 5.74) is 0.928. The number of imidazole rings is 1. The molecule has 2 rings (SSSR count). The molecule has 0 aliphatic carbocycles. The summed E-state index contributed by atoms with van der Waals surface area (Å²) in [6.07, 6.45) is 2.28. The Hall–Kier alpha value is -2.41. The van der Waals surface area contributed by atoms with E-state index in [0.717, 1.165) is 12.2 Å². The molecule has 1 aromatic heterocycles. The van der Waals surface area contributed by atoms with Crippen molar-refractivity contribution in [3.05, 3.63) is 40.7 Å². The van der Waals surface area contributed by atoms with Gasteiger partial charge in [0.25, 0.3) is 0 Å². The summed E-state index contributed by atoms with van der Waals surface area (Å²) in [6.45, 7) is 2.61. The van der Waals surface area contributed by atoms with Gasteiger partial charge in [-0.1, -0.05) is 6.92 Å². The van der Waals surface area contributed by atoms with Crippen molar-refractivity contribution < 1.29 is 14.8 Å². The topological polar surface area (TPSA) is 90.4 Å². The average Bonchev–Trinajstić information content (AvgIpc) is 2.90. The van der Waals surface area contributed by atoms with Crippen LogP contribution in [0.5, 0.6) is 5.75 Å². The number of aromatic nitrogens is 2. The van der Waals surface area contributed by atoms with E-state index in [4.69, 9.17) is 9.84 Å². The monoisotopic (exact) mass is 291 g/mol. The van der Waals surface area contributed by atoms with Gasteiger partial charge in [-0.15, -0.1) is 0 Å². The van der Waals surface area contributed by atoms with Gasteiger partial charge in [0.2, 0.25) is 0 Å². The summed E-state index contributed by atoms with van der Waals surface area (Å²) in [5, 5.41) is 20.1. The summed E-state index contributed by atoms with van der Waals surface area (Å²) in [7, 11) is 0. The van der Waals surface area contributed by atoms with E-state index < -0.39 is 4.92 Å². The molecule has 112 valence electrons. The van der Waals surface area contributed by atoms with Gasteiger partial charge < -0.3 is 20.0 Å². The lowest BCUT2D eigenvalue weighted by Gasteiger charge is -2.05. The Morgan fingerprint density at radius 2 is 2.10 bits per heavy atom. The number of aliphatic hydroxyl groups excluding tert-OH is 1. The molecule has 7 nitrogen and oxygen atoms in total. The highest BCUT2D eigenvalue weighted by atomic mass is 16.6. The van der Waals surface area contributed by atoms with Crippen molar-refractivity contribution in [2.75, 3.05) is 13.2 Å². The fourth-order valence-corrected chi connectivity index (χ4v) is 1.97. The first-order valence-corrected chi connectivity index (χ1v) is 6.71.